The quantitative estimate of drug-likeness (QED) is 0.552. The smallest absolute Gasteiger partial charge is 0.336 e. The van der Waals surface area contributed by atoms with Crippen molar-refractivity contribution in [2.24, 2.45) is 11.3 Å². The first-order valence-corrected chi connectivity index (χ1v) is 12.9. The first-order chi connectivity index (χ1) is 17.3. The second kappa shape index (κ2) is 11.0. The Labute approximate surface area is 217 Å². The van der Waals surface area contributed by atoms with Crippen LogP contribution in [-0.2, 0) is 14.4 Å². The first kappa shape index (κ1) is 28.4. The van der Waals surface area contributed by atoms with Gasteiger partial charge in [0.25, 0.3) is 0 Å². The van der Waals surface area contributed by atoms with E-state index in [-0.39, 0.29) is 12.5 Å². The molecule has 4 atom stereocenters. The fraction of sp³-hybridized carbons (Fsp3) is 0.560. The topological polar surface area (TPSA) is 115 Å². The Morgan fingerprint density at radius 2 is 1.95 bits per heavy atom. The second-order valence-electron chi connectivity index (χ2n) is 10.3. The molecule has 0 spiro atoms. The minimum absolute atomic E-state index is 0.0458. The third kappa shape index (κ3) is 6.57. The van der Waals surface area contributed by atoms with Crippen molar-refractivity contribution in [3.63, 3.8) is 0 Å². The maximum Gasteiger partial charge on any atom is 0.471 e. The van der Waals surface area contributed by atoms with Crippen LogP contribution in [-0.4, -0.2) is 52.4 Å². The number of nitrogens with zero attached hydrogens (tertiary/aromatic N) is 3. The lowest BCUT2D eigenvalue weighted by Crippen LogP contribution is -2.59. The summed E-state index contributed by atoms with van der Waals surface area (Å²) in [5.74, 6) is -3.60. The summed E-state index contributed by atoms with van der Waals surface area (Å²) in [6, 6.07) is 3.78. The van der Waals surface area contributed by atoms with Gasteiger partial charge in [-0.05, 0) is 41.9 Å². The number of aromatic nitrogens is 1. The lowest BCUT2D eigenvalue weighted by Gasteiger charge is -2.35. The van der Waals surface area contributed by atoms with E-state index in [2.05, 4.69) is 16.4 Å². The lowest BCUT2D eigenvalue weighted by atomic mass is 9.85. The van der Waals surface area contributed by atoms with Crippen LogP contribution in [0.1, 0.15) is 58.6 Å². The zero-order valence-corrected chi connectivity index (χ0v) is 21.9. The molecule has 1 saturated heterocycles. The number of benzene rings is 1. The van der Waals surface area contributed by atoms with E-state index in [1.807, 2.05) is 12.2 Å². The molecule has 1 aliphatic heterocycles. The highest BCUT2D eigenvalue weighted by Crippen LogP contribution is 2.32. The molecule has 0 radical (unpaired) electrons. The average molecular weight is 538 g/mol. The molecule has 3 rings (SSSR count). The van der Waals surface area contributed by atoms with E-state index in [1.54, 1.807) is 44.5 Å². The van der Waals surface area contributed by atoms with E-state index < -0.39 is 47.4 Å². The van der Waals surface area contributed by atoms with Crippen LogP contribution < -0.4 is 10.6 Å². The lowest BCUT2D eigenvalue weighted by molar-refractivity contribution is -0.176. The van der Waals surface area contributed by atoms with Crippen LogP contribution >= 0.6 is 11.3 Å². The zero-order chi connectivity index (χ0) is 27.5. The standard InChI is InChI=1S/C25H30F3N5O3S/c1-5-6-14-9-18(21(34)31-17(11-29)15-7-8-19-16(10-15)30-13-37-19)33(12-14)22(35)20(24(2,3)4)32-23(36)25(26,27)28/h7-8,10,13-14,17-18,20H,5-6,9,12H2,1-4H3,(H,31,34)(H,32,36)/t14-,17?,18-,20?/m0/s1. The van der Waals surface area contributed by atoms with Gasteiger partial charge in [-0.3, -0.25) is 14.4 Å². The summed E-state index contributed by atoms with van der Waals surface area (Å²) in [6.07, 6.45) is -3.35. The molecule has 37 heavy (non-hydrogen) atoms. The number of carbonyl (C=O) groups excluding carboxylic acids is 3. The summed E-state index contributed by atoms with van der Waals surface area (Å²) in [7, 11) is 0. The maximum absolute atomic E-state index is 13.6. The summed E-state index contributed by atoms with van der Waals surface area (Å²) in [4.78, 5) is 44.1. The van der Waals surface area contributed by atoms with Crippen LogP contribution in [0.5, 0.6) is 0 Å². The van der Waals surface area contributed by atoms with E-state index in [9.17, 15) is 32.8 Å². The Morgan fingerprint density at radius 1 is 1.24 bits per heavy atom. The molecule has 2 N–H and O–H groups in total. The van der Waals surface area contributed by atoms with Gasteiger partial charge >= 0.3 is 12.1 Å². The van der Waals surface area contributed by atoms with Crippen LogP contribution in [0.15, 0.2) is 23.7 Å². The van der Waals surface area contributed by atoms with Crippen molar-refractivity contribution in [1.82, 2.24) is 20.5 Å². The number of nitriles is 1. The molecular weight excluding hydrogens is 507 g/mol. The molecule has 1 aliphatic rings. The third-order valence-electron chi connectivity index (χ3n) is 6.42. The number of carbonyl (C=O) groups is 3. The zero-order valence-electron chi connectivity index (χ0n) is 21.1. The van der Waals surface area contributed by atoms with Crippen LogP contribution in [0, 0.1) is 22.7 Å². The van der Waals surface area contributed by atoms with Gasteiger partial charge in [-0.25, -0.2) is 4.98 Å². The van der Waals surface area contributed by atoms with Crippen molar-refractivity contribution in [2.45, 2.75) is 71.3 Å². The summed E-state index contributed by atoms with van der Waals surface area (Å²) in [5, 5.41) is 14.3. The normalized spacial score (nSPS) is 19.8. The number of thiazole rings is 1. The Balaban J connectivity index is 1.86. The van der Waals surface area contributed by atoms with Gasteiger partial charge in [0.05, 0.1) is 21.8 Å². The van der Waals surface area contributed by atoms with E-state index >= 15 is 0 Å². The van der Waals surface area contributed by atoms with Crippen molar-refractivity contribution < 1.29 is 27.6 Å². The Morgan fingerprint density at radius 3 is 2.54 bits per heavy atom. The van der Waals surface area contributed by atoms with Crippen molar-refractivity contribution >= 4 is 39.3 Å². The van der Waals surface area contributed by atoms with E-state index in [4.69, 9.17) is 0 Å². The summed E-state index contributed by atoms with van der Waals surface area (Å²) >= 11 is 1.44. The van der Waals surface area contributed by atoms with Gasteiger partial charge in [0.2, 0.25) is 11.8 Å². The Hall–Kier alpha value is -3.20. The minimum Gasteiger partial charge on any atom is -0.336 e. The molecule has 2 heterocycles. The van der Waals surface area contributed by atoms with Crippen LogP contribution in [0.3, 0.4) is 0 Å². The van der Waals surface area contributed by atoms with Crippen LogP contribution in [0.4, 0.5) is 13.2 Å². The minimum atomic E-state index is -5.16. The molecule has 0 bridgehead atoms. The highest BCUT2D eigenvalue weighted by molar-refractivity contribution is 7.16. The number of rotatable bonds is 7. The molecule has 1 fully saturated rings. The van der Waals surface area contributed by atoms with Crippen molar-refractivity contribution in [1.29, 1.82) is 5.26 Å². The van der Waals surface area contributed by atoms with Crippen LogP contribution in [0.25, 0.3) is 10.2 Å². The summed E-state index contributed by atoms with van der Waals surface area (Å²) in [5.41, 5.74) is 1.83. The molecule has 1 aromatic carbocycles. The van der Waals surface area contributed by atoms with Crippen molar-refractivity contribution in [3.8, 4) is 6.07 Å². The van der Waals surface area contributed by atoms with Gasteiger partial charge in [-0.15, -0.1) is 11.3 Å². The van der Waals surface area contributed by atoms with Crippen LogP contribution in [0.2, 0.25) is 0 Å². The third-order valence-corrected chi connectivity index (χ3v) is 7.23. The van der Waals surface area contributed by atoms with E-state index in [1.165, 1.54) is 16.2 Å². The predicted molar refractivity (Wildman–Crippen MR) is 132 cm³/mol. The number of nitrogens with one attached hydrogen (secondary N) is 2. The molecule has 0 saturated carbocycles. The number of hydrogen-bond donors (Lipinski definition) is 2. The second-order valence-corrected chi connectivity index (χ2v) is 11.2. The first-order valence-electron chi connectivity index (χ1n) is 12.0. The Bertz CT molecular complexity index is 1200. The Kier molecular flexibility index (Phi) is 8.47. The van der Waals surface area contributed by atoms with Gasteiger partial charge in [0, 0.05) is 6.54 Å². The number of alkyl halides is 3. The van der Waals surface area contributed by atoms with Gasteiger partial charge in [0.15, 0.2) is 0 Å². The molecule has 12 heteroatoms. The van der Waals surface area contributed by atoms with Gasteiger partial charge in [-0.2, -0.15) is 18.4 Å². The molecule has 1 aromatic heterocycles. The number of amides is 3. The fourth-order valence-corrected chi connectivity index (χ4v) is 5.20. The monoisotopic (exact) mass is 537 g/mol. The number of halogens is 3. The van der Waals surface area contributed by atoms with E-state index in [0.29, 0.717) is 23.9 Å². The molecule has 8 nitrogen and oxygen atoms in total. The molecular formula is C25H30F3N5O3S. The average Bonchev–Trinajstić information content (AvgIpc) is 3.45. The highest BCUT2D eigenvalue weighted by atomic mass is 32.1. The maximum atomic E-state index is 13.6. The molecule has 3 amide bonds. The molecule has 2 aromatic rings. The molecule has 200 valence electrons. The van der Waals surface area contributed by atoms with E-state index in [0.717, 1.165) is 11.1 Å². The van der Waals surface area contributed by atoms with Gasteiger partial charge < -0.3 is 15.5 Å². The highest BCUT2D eigenvalue weighted by Gasteiger charge is 2.48. The van der Waals surface area contributed by atoms with Gasteiger partial charge in [-0.1, -0.05) is 40.2 Å². The van der Waals surface area contributed by atoms with Gasteiger partial charge in [0.1, 0.15) is 18.1 Å². The summed E-state index contributed by atoms with van der Waals surface area (Å²) < 4.78 is 39.9. The molecule has 0 aliphatic carbocycles. The predicted octanol–water partition coefficient (Wildman–Crippen LogP) is 4.09. The molecule has 2 unspecified atom stereocenters. The number of fused-ring (bicyclic) bond motifs is 1. The number of hydrogen-bond acceptors (Lipinski definition) is 6. The van der Waals surface area contributed by atoms with Crippen molar-refractivity contribution in [3.05, 3.63) is 29.3 Å². The summed E-state index contributed by atoms with van der Waals surface area (Å²) in [6.45, 7) is 6.76. The largest absolute Gasteiger partial charge is 0.471 e. The number of likely N-dealkylation sites (tertiary alicyclic amines) is 1. The fourth-order valence-electron chi connectivity index (χ4n) is 4.54. The SMILES string of the molecule is CCC[C@H]1C[C@@H](C(=O)NC(C#N)c2ccc3scnc3c2)N(C(=O)C(NC(=O)C(F)(F)F)C(C)(C)C)C1. The van der Waals surface area contributed by atoms with Crippen molar-refractivity contribution in [2.75, 3.05) is 6.54 Å².